The zero-order chi connectivity index (χ0) is 12.7. The van der Waals surface area contributed by atoms with Gasteiger partial charge in [0.2, 0.25) is 0 Å². The molecule has 1 rings (SSSR count). The van der Waals surface area contributed by atoms with Crippen molar-refractivity contribution in [1.82, 2.24) is 5.43 Å². The summed E-state index contributed by atoms with van der Waals surface area (Å²) in [6, 6.07) is 8.17. The van der Waals surface area contributed by atoms with Gasteiger partial charge < -0.3 is 9.47 Å². The van der Waals surface area contributed by atoms with Gasteiger partial charge in [-0.25, -0.2) is 0 Å². The first-order valence-electron chi connectivity index (χ1n) is 5.82. The second-order valence-electron chi connectivity index (χ2n) is 4.16. The van der Waals surface area contributed by atoms with E-state index < -0.39 is 0 Å². The van der Waals surface area contributed by atoms with E-state index in [0.717, 1.165) is 24.2 Å². The van der Waals surface area contributed by atoms with E-state index in [2.05, 4.69) is 11.5 Å². The molecule has 96 valence electrons. The van der Waals surface area contributed by atoms with E-state index in [1.165, 1.54) is 0 Å². The minimum atomic E-state index is 0.182. The number of hydrogen-bond donors (Lipinski definition) is 2. The number of benzene rings is 1. The molecule has 17 heavy (non-hydrogen) atoms. The van der Waals surface area contributed by atoms with Gasteiger partial charge in [0.15, 0.2) is 0 Å². The highest BCUT2D eigenvalue weighted by Gasteiger charge is 2.14. The molecule has 0 amide bonds. The predicted octanol–water partition coefficient (Wildman–Crippen LogP) is 1.49. The molecule has 0 bridgehead atoms. The van der Waals surface area contributed by atoms with Gasteiger partial charge in [0.05, 0.1) is 13.2 Å². The molecule has 0 heterocycles. The number of hydrogen-bond acceptors (Lipinski definition) is 4. The van der Waals surface area contributed by atoms with Crippen LogP contribution in [0.2, 0.25) is 0 Å². The molecular formula is C13H22N2O2. The summed E-state index contributed by atoms with van der Waals surface area (Å²) in [7, 11) is 3.39. The third-order valence-corrected chi connectivity index (χ3v) is 2.91. The van der Waals surface area contributed by atoms with Gasteiger partial charge in [-0.2, -0.15) is 0 Å². The molecule has 4 heteroatoms. The van der Waals surface area contributed by atoms with Crippen LogP contribution in [0.3, 0.4) is 0 Å². The normalized spacial score (nSPS) is 14.4. The van der Waals surface area contributed by atoms with Crippen LogP contribution in [0.4, 0.5) is 0 Å². The van der Waals surface area contributed by atoms with Crippen LogP contribution in [0, 0.1) is 0 Å². The number of hydrazine groups is 1. The molecule has 0 radical (unpaired) electrons. The second-order valence-corrected chi connectivity index (χ2v) is 4.16. The second kappa shape index (κ2) is 7.27. The minimum absolute atomic E-state index is 0.182. The van der Waals surface area contributed by atoms with Crippen molar-refractivity contribution in [2.24, 2.45) is 5.84 Å². The number of rotatable bonds is 7. The van der Waals surface area contributed by atoms with Crippen LogP contribution in [0.25, 0.3) is 0 Å². The average Bonchev–Trinajstić information content (AvgIpc) is 2.38. The Kier molecular flexibility index (Phi) is 5.97. The third kappa shape index (κ3) is 4.34. The lowest BCUT2D eigenvalue weighted by atomic mass is 10.0. The average molecular weight is 238 g/mol. The highest BCUT2D eigenvalue weighted by Crippen LogP contribution is 2.20. The maximum atomic E-state index is 5.57. The molecule has 4 nitrogen and oxygen atoms in total. The Morgan fingerprint density at radius 3 is 2.59 bits per heavy atom. The van der Waals surface area contributed by atoms with Crippen LogP contribution in [0.5, 0.6) is 5.75 Å². The molecule has 0 spiro atoms. The lowest BCUT2D eigenvalue weighted by Crippen LogP contribution is -2.39. The first-order chi connectivity index (χ1) is 8.21. The predicted molar refractivity (Wildman–Crippen MR) is 68.9 cm³/mol. The zero-order valence-corrected chi connectivity index (χ0v) is 10.8. The first kappa shape index (κ1) is 14.0. The SMILES string of the molecule is COc1ccccc1CC(CC(C)OC)NN. The smallest absolute Gasteiger partial charge is 0.122 e. The monoisotopic (exact) mass is 238 g/mol. The summed E-state index contributed by atoms with van der Waals surface area (Å²) in [4.78, 5) is 0. The van der Waals surface area contributed by atoms with Crippen LogP contribution < -0.4 is 16.0 Å². The maximum Gasteiger partial charge on any atom is 0.122 e. The van der Waals surface area contributed by atoms with Crippen molar-refractivity contribution in [3.05, 3.63) is 29.8 Å². The maximum absolute atomic E-state index is 5.57. The van der Waals surface area contributed by atoms with Crippen molar-refractivity contribution in [1.29, 1.82) is 0 Å². The Morgan fingerprint density at radius 2 is 2.00 bits per heavy atom. The lowest BCUT2D eigenvalue weighted by Gasteiger charge is -2.20. The Hall–Kier alpha value is -1.10. The summed E-state index contributed by atoms with van der Waals surface area (Å²) in [6.07, 6.45) is 1.88. The van der Waals surface area contributed by atoms with E-state index in [1.807, 2.05) is 25.1 Å². The van der Waals surface area contributed by atoms with Crippen LogP contribution in [0.1, 0.15) is 18.9 Å². The molecular weight excluding hydrogens is 216 g/mol. The number of ether oxygens (including phenoxy) is 2. The summed E-state index contributed by atoms with van der Waals surface area (Å²) in [5.74, 6) is 6.47. The van der Waals surface area contributed by atoms with E-state index in [0.29, 0.717) is 0 Å². The molecule has 1 aromatic rings. The summed E-state index contributed by atoms with van der Waals surface area (Å²) in [5.41, 5.74) is 3.99. The topological polar surface area (TPSA) is 56.5 Å². The molecule has 0 aliphatic carbocycles. The van der Waals surface area contributed by atoms with Crippen molar-refractivity contribution in [2.45, 2.75) is 31.9 Å². The number of nitrogens with one attached hydrogen (secondary N) is 1. The van der Waals surface area contributed by atoms with Gasteiger partial charge in [0.1, 0.15) is 5.75 Å². The largest absolute Gasteiger partial charge is 0.496 e. The molecule has 1 aromatic carbocycles. The third-order valence-electron chi connectivity index (χ3n) is 2.91. The molecule has 0 aliphatic rings. The first-order valence-corrected chi connectivity index (χ1v) is 5.82. The Labute approximate surface area is 103 Å². The van der Waals surface area contributed by atoms with Gasteiger partial charge in [0.25, 0.3) is 0 Å². The van der Waals surface area contributed by atoms with Crippen molar-refractivity contribution >= 4 is 0 Å². The van der Waals surface area contributed by atoms with Gasteiger partial charge >= 0.3 is 0 Å². The van der Waals surface area contributed by atoms with Gasteiger partial charge in [-0.3, -0.25) is 11.3 Å². The van der Waals surface area contributed by atoms with Crippen LogP contribution >= 0.6 is 0 Å². The van der Waals surface area contributed by atoms with Crippen LogP contribution in [-0.4, -0.2) is 26.4 Å². The minimum Gasteiger partial charge on any atom is -0.496 e. The fraction of sp³-hybridized carbons (Fsp3) is 0.538. The Bertz CT molecular complexity index is 331. The van der Waals surface area contributed by atoms with Crippen LogP contribution in [0.15, 0.2) is 24.3 Å². The number of para-hydroxylation sites is 1. The van der Waals surface area contributed by atoms with Crippen molar-refractivity contribution < 1.29 is 9.47 Å². The molecule has 0 aromatic heterocycles. The van der Waals surface area contributed by atoms with E-state index in [9.17, 15) is 0 Å². The standard InChI is InChI=1S/C13H22N2O2/c1-10(16-2)8-12(15-14)9-11-6-4-5-7-13(11)17-3/h4-7,10,12,15H,8-9,14H2,1-3H3. The fourth-order valence-corrected chi connectivity index (χ4v) is 1.84. The fourth-order valence-electron chi connectivity index (χ4n) is 1.84. The summed E-state index contributed by atoms with van der Waals surface area (Å²) >= 11 is 0. The molecule has 2 atom stereocenters. The van der Waals surface area contributed by atoms with E-state index in [-0.39, 0.29) is 12.1 Å². The Morgan fingerprint density at radius 1 is 1.29 bits per heavy atom. The molecule has 0 saturated carbocycles. The summed E-state index contributed by atoms with van der Waals surface area (Å²) < 4.78 is 10.6. The highest BCUT2D eigenvalue weighted by atomic mass is 16.5. The van der Waals surface area contributed by atoms with E-state index in [4.69, 9.17) is 15.3 Å². The van der Waals surface area contributed by atoms with Crippen molar-refractivity contribution in [3.8, 4) is 5.75 Å². The van der Waals surface area contributed by atoms with Gasteiger partial charge in [-0.15, -0.1) is 0 Å². The van der Waals surface area contributed by atoms with Crippen molar-refractivity contribution in [3.63, 3.8) is 0 Å². The van der Waals surface area contributed by atoms with Crippen LogP contribution in [-0.2, 0) is 11.2 Å². The zero-order valence-electron chi connectivity index (χ0n) is 10.8. The summed E-state index contributed by atoms with van der Waals surface area (Å²) in [5, 5.41) is 0. The quantitative estimate of drug-likeness (QED) is 0.558. The molecule has 0 fully saturated rings. The number of nitrogens with two attached hydrogens (primary N) is 1. The van der Waals surface area contributed by atoms with Gasteiger partial charge in [-0.1, -0.05) is 18.2 Å². The number of methoxy groups -OCH3 is 2. The van der Waals surface area contributed by atoms with Gasteiger partial charge in [-0.05, 0) is 31.4 Å². The molecule has 2 unspecified atom stereocenters. The lowest BCUT2D eigenvalue weighted by molar-refractivity contribution is 0.100. The highest BCUT2D eigenvalue weighted by molar-refractivity contribution is 5.33. The van der Waals surface area contributed by atoms with Gasteiger partial charge in [0, 0.05) is 13.2 Å². The Balaban J connectivity index is 2.66. The van der Waals surface area contributed by atoms with E-state index in [1.54, 1.807) is 14.2 Å². The molecule has 0 aliphatic heterocycles. The van der Waals surface area contributed by atoms with E-state index >= 15 is 0 Å². The van der Waals surface area contributed by atoms with Crippen molar-refractivity contribution in [2.75, 3.05) is 14.2 Å². The molecule has 0 saturated heterocycles. The molecule has 3 N–H and O–H groups in total. The summed E-state index contributed by atoms with van der Waals surface area (Å²) in [6.45, 7) is 2.03.